The van der Waals surface area contributed by atoms with Crippen LogP contribution in [-0.2, 0) is 15.1 Å². The van der Waals surface area contributed by atoms with E-state index < -0.39 is 29.9 Å². The van der Waals surface area contributed by atoms with Gasteiger partial charge < -0.3 is 10.6 Å². The van der Waals surface area contributed by atoms with Gasteiger partial charge in [0.2, 0.25) is 5.91 Å². The third kappa shape index (κ3) is 3.24. The van der Waals surface area contributed by atoms with Gasteiger partial charge in [-0.3, -0.25) is 19.5 Å². The highest BCUT2D eigenvalue weighted by atomic mass is 16.2. The van der Waals surface area contributed by atoms with Crippen LogP contribution in [0.1, 0.15) is 12.5 Å². The number of imide groups is 1. The molecule has 0 radical (unpaired) electrons. The monoisotopic (exact) mass is 424 g/mol. The molecule has 1 aromatic heterocycles. The molecule has 1 atom stereocenters. The molecule has 2 N–H and O–H groups in total. The predicted molar refractivity (Wildman–Crippen MR) is 122 cm³/mol. The third-order valence-electron chi connectivity index (χ3n) is 5.81. The van der Waals surface area contributed by atoms with Crippen molar-refractivity contribution >= 4 is 45.2 Å². The highest BCUT2D eigenvalue weighted by Crippen LogP contribution is 2.31. The van der Waals surface area contributed by atoms with Crippen LogP contribution in [0.3, 0.4) is 0 Å². The van der Waals surface area contributed by atoms with Crippen molar-refractivity contribution in [3.63, 3.8) is 0 Å². The zero-order valence-electron chi connectivity index (χ0n) is 17.3. The van der Waals surface area contributed by atoms with Crippen LogP contribution in [0.4, 0.5) is 10.5 Å². The standard InChI is InChI=1S/C25H20N4O3/c1-25(19-12-11-16-6-2-3-7-18(16)14-19)23(31)29(24(32)28-25)15-21(30)27-20-10-4-8-17-9-5-13-26-22(17)20/h2-14H,15H2,1H3,(H,27,30)(H,28,32)/t25-/m0/s1. The molecule has 32 heavy (non-hydrogen) atoms. The Balaban J connectivity index is 1.38. The van der Waals surface area contributed by atoms with E-state index in [0.717, 1.165) is 21.1 Å². The van der Waals surface area contributed by atoms with Gasteiger partial charge in [-0.15, -0.1) is 0 Å². The quantitative estimate of drug-likeness (QED) is 0.488. The van der Waals surface area contributed by atoms with Crippen LogP contribution in [0.2, 0.25) is 0 Å². The van der Waals surface area contributed by atoms with Crippen molar-refractivity contribution in [1.29, 1.82) is 0 Å². The summed E-state index contributed by atoms with van der Waals surface area (Å²) in [5.74, 6) is -0.946. The number of para-hydroxylation sites is 1. The maximum absolute atomic E-state index is 13.2. The first-order valence-electron chi connectivity index (χ1n) is 10.2. The first-order valence-corrected chi connectivity index (χ1v) is 10.2. The van der Waals surface area contributed by atoms with E-state index in [0.29, 0.717) is 16.8 Å². The SMILES string of the molecule is C[C@@]1(c2ccc3ccccc3c2)NC(=O)N(CC(=O)Nc2cccc3cccnc23)C1=O. The van der Waals surface area contributed by atoms with Crippen molar-refractivity contribution in [2.75, 3.05) is 11.9 Å². The number of hydrogen-bond donors (Lipinski definition) is 2. The first-order chi connectivity index (χ1) is 15.5. The van der Waals surface area contributed by atoms with Crippen LogP contribution in [0.5, 0.6) is 0 Å². The highest BCUT2D eigenvalue weighted by Gasteiger charge is 2.49. The molecule has 1 saturated heterocycles. The lowest BCUT2D eigenvalue weighted by molar-refractivity contribution is -0.133. The number of carbonyl (C=O) groups excluding carboxylic acids is 3. The fourth-order valence-corrected chi connectivity index (χ4v) is 4.07. The summed E-state index contributed by atoms with van der Waals surface area (Å²) >= 11 is 0. The number of anilines is 1. The molecule has 7 heteroatoms. The number of amides is 4. The van der Waals surface area contributed by atoms with Crippen molar-refractivity contribution < 1.29 is 14.4 Å². The summed E-state index contributed by atoms with van der Waals surface area (Å²) in [6.07, 6.45) is 1.64. The van der Waals surface area contributed by atoms with Crippen molar-refractivity contribution in [3.05, 3.63) is 84.6 Å². The fraction of sp³-hybridized carbons (Fsp3) is 0.120. The molecule has 1 fully saturated rings. The van der Waals surface area contributed by atoms with Crippen LogP contribution in [0.25, 0.3) is 21.7 Å². The number of nitrogens with zero attached hydrogens (tertiary/aromatic N) is 2. The summed E-state index contributed by atoms with van der Waals surface area (Å²) in [4.78, 5) is 43.8. The fourth-order valence-electron chi connectivity index (χ4n) is 4.07. The maximum atomic E-state index is 13.2. The molecule has 1 aliphatic heterocycles. The minimum atomic E-state index is -1.25. The second-order valence-electron chi connectivity index (χ2n) is 7.94. The minimum absolute atomic E-state index is 0.392. The Morgan fingerprint density at radius 2 is 1.72 bits per heavy atom. The summed E-state index contributed by atoms with van der Waals surface area (Å²) in [6, 6.07) is 22.0. The van der Waals surface area contributed by atoms with Gasteiger partial charge >= 0.3 is 6.03 Å². The van der Waals surface area contributed by atoms with Crippen molar-refractivity contribution in [2.45, 2.75) is 12.5 Å². The predicted octanol–water partition coefficient (Wildman–Crippen LogP) is 3.79. The van der Waals surface area contributed by atoms with E-state index in [1.54, 1.807) is 19.2 Å². The van der Waals surface area contributed by atoms with Gasteiger partial charge in [-0.2, -0.15) is 0 Å². The Kier molecular flexibility index (Phi) is 4.59. The molecular formula is C25H20N4O3. The first kappa shape index (κ1) is 19.7. The van der Waals surface area contributed by atoms with Crippen LogP contribution >= 0.6 is 0 Å². The van der Waals surface area contributed by atoms with E-state index >= 15 is 0 Å². The van der Waals surface area contributed by atoms with E-state index in [1.165, 1.54) is 0 Å². The third-order valence-corrected chi connectivity index (χ3v) is 5.81. The van der Waals surface area contributed by atoms with Gasteiger partial charge in [0.15, 0.2) is 0 Å². The van der Waals surface area contributed by atoms with Gasteiger partial charge in [0.05, 0.1) is 11.2 Å². The zero-order valence-corrected chi connectivity index (χ0v) is 17.3. The number of carbonyl (C=O) groups is 3. The van der Waals surface area contributed by atoms with Crippen LogP contribution in [-0.4, -0.2) is 34.3 Å². The number of urea groups is 1. The topological polar surface area (TPSA) is 91.4 Å². The maximum Gasteiger partial charge on any atom is 0.325 e. The number of benzene rings is 3. The summed E-state index contributed by atoms with van der Waals surface area (Å²) in [5, 5.41) is 8.41. The number of hydrogen-bond acceptors (Lipinski definition) is 4. The Hall–Kier alpha value is -4.26. The number of aromatic nitrogens is 1. The minimum Gasteiger partial charge on any atom is -0.323 e. The Labute approximate surface area is 184 Å². The molecule has 0 bridgehead atoms. The zero-order chi connectivity index (χ0) is 22.3. The molecule has 0 unspecified atom stereocenters. The van der Waals surface area contributed by atoms with Crippen molar-refractivity contribution in [1.82, 2.24) is 15.2 Å². The van der Waals surface area contributed by atoms with E-state index in [4.69, 9.17) is 0 Å². The summed E-state index contributed by atoms with van der Waals surface area (Å²) < 4.78 is 0. The van der Waals surface area contributed by atoms with E-state index in [2.05, 4.69) is 15.6 Å². The van der Waals surface area contributed by atoms with E-state index in [9.17, 15) is 14.4 Å². The Bertz CT molecular complexity index is 1400. The summed E-state index contributed by atoms with van der Waals surface area (Å²) in [6.45, 7) is 1.26. The second-order valence-corrected chi connectivity index (χ2v) is 7.94. The molecule has 0 spiro atoms. The van der Waals surface area contributed by atoms with Gasteiger partial charge in [-0.25, -0.2) is 4.79 Å². The summed E-state index contributed by atoms with van der Waals surface area (Å²) in [5.41, 5.74) is 0.581. The van der Waals surface area contributed by atoms with Crippen molar-refractivity contribution in [2.24, 2.45) is 0 Å². The van der Waals surface area contributed by atoms with Gasteiger partial charge in [0, 0.05) is 11.6 Å². The highest BCUT2D eigenvalue weighted by molar-refractivity contribution is 6.11. The Morgan fingerprint density at radius 3 is 2.56 bits per heavy atom. The molecule has 1 aliphatic rings. The molecule has 4 aromatic rings. The van der Waals surface area contributed by atoms with Gasteiger partial charge in [0.25, 0.3) is 5.91 Å². The average Bonchev–Trinajstić information content (AvgIpc) is 3.03. The number of rotatable bonds is 4. The molecule has 0 saturated carbocycles. The molecular weight excluding hydrogens is 404 g/mol. The van der Waals surface area contributed by atoms with E-state index in [1.807, 2.05) is 66.7 Å². The molecule has 2 heterocycles. The molecule has 0 aliphatic carbocycles. The molecule has 7 nitrogen and oxygen atoms in total. The second kappa shape index (κ2) is 7.46. The lowest BCUT2D eigenvalue weighted by atomic mass is 9.90. The van der Waals surface area contributed by atoms with Crippen molar-refractivity contribution in [3.8, 4) is 0 Å². The lowest BCUT2D eigenvalue weighted by Crippen LogP contribution is -2.42. The summed E-state index contributed by atoms with van der Waals surface area (Å²) in [7, 11) is 0. The van der Waals surface area contributed by atoms with Crippen LogP contribution in [0.15, 0.2) is 79.0 Å². The number of fused-ring (bicyclic) bond motifs is 2. The lowest BCUT2D eigenvalue weighted by Gasteiger charge is -2.22. The van der Waals surface area contributed by atoms with Gasteiger partial charge in [0.1, 0.15) is 12.1 Å². The molecule has 3 aromatic carbocycles. The van der Waals surface area contributed by atoms with Crippen LogP contribution < -0.4 is 10.6 Å². The number of pyridine rings is 1. The molecule has 158 valence electrons. The van der Waals surface area contributed by atoms with Crippen LogP contribution in [0, 0.1) is 0 Å². The number of nitrogens with one attached hydrogen (secondary N) is 2. The average molecular weight is 424 g/mol. The largest absolute Gasteiger partial charge is 0.325 e. The molecule has 5 rings (SSSR count). The molecule has 4 amide bonds. The normalized spacial score (nSPS) is 18.2. The van der Waals surface area contributed by atoms with Gasteiger partial charge in [-0.05, 0) is 41.5 Å². The van der Waals surface area contributed by atoms with Gasteiger partial charge in [-0.1, -0.05) is 54.6 Å². The smallest absolute Gasteiger partial charge is 0.323 e. The van der Waals surface area contributed by atoms with E-state index in [-0.39, 0.29) is 0 Å². The Morgan fingerprint density at radius 1 is 0.969 bits per heavy atom.